The summed E-state index contributed by atoms with van der Waals surface area (Å²) in [6.07, 6.45) is 4.60. The molecule has 5 nitrogen and oxygen atoms in total. The van der Waals surface area contributed by atoms with E-state index in [2.05, 4.69) is 17.6 Å². The van der Waals surface area contributed by atoms with Gasteiger partial charge in [-0.25, -0.2) is 4.79 Å². The third kappa shape index (κ3) is 9.98. The van der Waals surface area contributed by atoms with E-state index < -0.39 is 11.7 Å². The Morgan fingerprint density at radius 1 is 1.04 bits per heavy atom. The van der Waals surface area contributed by atoms with Crippen molar-refractivity contribution in [2.45, 2.75) is 59.0 Å². The first-order valence-corrected chi connectivity index (χ1v) is 8.84. The highest BCUT2D eigenvalue weighted by molar-refractivity contribution is 5.67. The summed E-state index contributed by atoms with van der Waals surface area (Å²) in [5.41, 5.74) is 0.621. The summed E-state index contributed by atoms with van der Waals surface area (Å²) >= 11 is 0. The maximum atomic E-state index is 11.5. The van der Waals surface area contributed by atoms with E-state index in [9.17, 15) is 4.79 Å². The molecule has 1 aromatic carbocycles. The van der Waals surface area contributed by atoms with Crippen LogP contribution in [0.4, 0.5) is 10.5 Å². The van der Waals surface area contributed by atoms with E-state index in [-0.39, 0.29) is 0 Å². The number of unbranched alkanes of at least 4 members (excludes halogenated alkanes) is 3. The van der Waals surface area contributed by atoms with Crippen molar-refractivity contribution < 1.29 is 14.3 Å². The number of anilines is 1. The van der Waals surface area contributed by atoms with E-state index in [1.54, 1.807) is 0 Å². The summed E-state index contributed by atoms with van der Waals surface area (Å²) < 4.78 is 10.8. The van der Waals surface area contributed by atoms with E-state index in [0.717, 1.165) is 18.0 Å². The minimum absolute atomic E-state index is 0.406. The van der Waals surface area contributed by atoms with E-state index in [1.807, 2.05) is 45.0 Å². The van der Waals surface area contributed by atoms with Gasteiger partial charge >= 0.3 is 6.09 Å². The molecule has 1 aromatic rings. The van der Waals surface area contributed by atoms with Crippen LogP contribution < -0.4 is 15.4 Å². The van der Waals surface area contributed by atoms with Crippen LogP contribution in [0.1, 0.15) is 53.4 Å². The van der Waals surface area contributed by atoms with Crippen molar-refractivity contribution in [2.75, 3.05) is 25.0 Å². The number of ether oxygens (including phenoxy) is 2. The quantitative estimate of drug-likeness (QED) is 0.614. The second-order valence-corrected chi connectivity index (χ2v) is 6.79. The van der Waals surface area contributed by atoms with Crippen LogP contribution >= 0.6 is 0 Å². The van der Waals surface area contributed by atoms with Crippen LogP contribution in [0.25, 0.3) is 0 Å². The predicted molar refractivity (Wildman–Crippen MR) is 98.8 cm³/mol. The molecule has 0 aliphatic rings. The van der Waals surface area contributed by atoms with E-state index >= 15 is 0 Å². The van der Waals surface area contributed by atoms with Crippen LogP contribution in [0.15, 0.2) is 24.3 Å². The Morgan fingerprint density at radius 2 is 1.75 bits per heavy atom. The monoisotopic (exact) mass is 336 g/mol. The Balaban J connectivity index is 2.17. The van der Waals surface area contributed by atoms with E-state index in [0.29, 0.717) is 13.2 Å². The molecule has 0 unspecified atom stereocenters. The Kier molecular flexibility index (Phi) is 9.05. The molecule has 0 saturated carbocycles. The second-order valence-electron chi connectivity index (χ2n) is 6.79. The lowest BCUT2D eigenvalue weighted by molar-refractivity contribution is 0.0520. The van der Waals surface area contributed by atoms with Gasteiger partial charge in [0.15, 0.2) is 0 Å². The molecule has 24 heavy (non-hydrogen) atoms. The van der Waals surface area contributed by atoms with Crippen molar-refractivity contribution in [3.8, 4) is 5.75 Å². The summed E-state index contributed by atoms with van der Waals surface area (Å²) in [7, 11) is 0. The normalized spacial score (nSPS) is 11.0. The lowest BCUT2D eigenvalue weighted by atomic mass is 10.2. The molecule has 5 heteroatoms. The van der Waals surface area contributed by atoms with Gasteiger partial charge < -0.3 is 20.1 Å². The Labute approximate surface area is 146 Å². The van der Waals surface area contributed by atoms with Crippen molar-refractivity contribution in [1.29, 1.82) is 0 Å². The van der Waals surface area contributed by atoms with Crippen molar-refractivity contribution >= 4 is 11.8 Å². The zero-order valence-corrected chi connectivity index (χ0v) is 15.5. The first-order valence-electron chi connectivity index (χ1n) is 8.84. The molecule has 1 amide bonds. The minimum atomic E-state index is -0.482. The average Bonchev–Trinajstić information content (AvgIpc) is 2.51. The summed E-state index contributed by atoms with van der Waals surface area (Å²) in [5, 5.41) is 6.07. The van der Waals surface area contributed by atoms with Gasteiger partial charge in [0, 0.05) is 12.2 Å². The highest BCUT2D eigenvalue weighted by Gasteiger charge is 2.15. The number of alkyl carbamates (subject to hydrolysis) is 1. The van der Waals surface area contributed by atoms with Gasteiger partial charge in [-0.05, 0) is 51.5 Å². The van der Waals surface area contributed by atoms with Crippen LogP contribution in [-0.2, 0) is 4.74 Å². The third-order valence-corrected chi connectivity index (χ3v) is 3.25. The van der Waals surface area contributed by atoms with Gasteiger partial charge in [0.25, 0.3) is 0 Å². The molecule has 0 aliphatic carbocycles. The maximum absolute atomic E-state index is 11.5. The Morgan fingerprint density at radius 3 is 2.38 bits per heavy atom. The fourth-order valence-electron chi connectivity index (χ4n) is 2.09. The van der Waals surface area contributed by atoms with Crippen molar-refractivity contribution in [1.82, 2.24) is 5.32 Å². The van der Waals surface area contributed by atoms with Crippen molar-refractivity contribution in [2.24, 2.45) is 0 Å². The fraction of sp³-hybridized carbons (Fsp3) is 0.632. The second kappa shape index (κ2) is 10.8. The largest absolute Gasteiger partial charge is 0.492 e. The average molecular weight is 336 g/mol. The summed E-state index contributed by atoms with van der Waals surface area (Å²) in [6.45, 7) is 9.54. The van der Waals surface area contributed by atoms with Gasteiger partial charge in [-0.3, -0.25) is 0 Å². The number of carbonyl (C=O) groups is 1. The minimum Gasteiger partial charge on any atom is -0.492 e. The highest BCUT2D eigenvalue weighted by atomic mass is 16.6. The highest BCUT2D eigenvalue weighted by Crippen LogP contribution is 2.15. The molecule has 0 aromatic heterocycles. The standard InChI is InChI=1S/C19H32N2O3/c1-5-6-7-8-13-20-16-9-11-17(12-10-16)23-15-14-21-18(22)24-19(2,3)4/h9-12,20H,5-8,13-15H2,1-4H3,(H,21,22). The zero-order valence-electron chi connectivity index (χ0n) is 15.5. The maximum Gasteiger partial charge on any atom is 0.407 e. The predicted octanol–water partition coefficient (Wildman–Crippen LogP) is 4.58. The first-order chi connectivity index (χ1) is 11.4. The van der Waals surface area contributed by atoms with Gasteiger partial charge in [-0.2, -0.15) is 0 Å². The molecular weight excluding hydrogens is 304 g/mol. The number of benzene rings is 1. The summed E-state index contributed by atoms with van der Waals surface area (Å²) in [4.78, 5) is 11.5. The van der Waals surface area contributed by atoms with Gasteiger partial charge in [-0.1, -0.05) is 26.2 Å². The first kappa shape index (κ1) is 20.1. The van der Waals surface area contributed by atoms with Gasteiger partial charge in [0.1, 0.15) is 18.0 Å². The molecular formula is C19H32N2O3. The molecule has 0 atom stereocenters. The Bertz CT molecular complexity index is 466. The van der Waals surface area contributed by atoms with Crippen molar-refractivity contribution in [3.63, 3.8) is 0 Å². The molecule has 0 fully saturated rings. The van der Waals surface area contributed by atoms with Crippen LogP contribution in [0.2, 0.25) is 0 Å². The molecule has 0 spiro atoms. The van der Waals surface area contributed by atoms with E-state index in [4.69, 9.17) is 9.47 Å². The summed E-state index contributed by atoms with van der Waals surface area (Å²) in [6, 6.07) is 7.89. The third-order valence-electron chi connectivity index (χ3n) is 3.25. The van der Waals surface area contributed by atoms with Crippen LogP contribution in [0.3, 0.4) is 0 Å². The SMILES string of the molecule is CCCCCCNc1ccc(OCCNC(=O)OC(C)(C)C)cc1. The van der Waals surface area contributed by atoms with Crippen molar-refractivity contribution in [3.05, 3.63) is 24.3 Å². The molecule has 0 heterocycles. The lowest BCUT2D eigenvalue weighted by Crippen LogP contribution is -2.34. The number of hydrogen-bond donors (Lipinski definition) is 2. The van der Waals surface area contributed by atoms with E-state index in [1.165, 1.54) is 25.7 Å². The van der Waals surface area contributed by atoms with Crippen LogP contribution in [-0.4, -0.2) is 31.4 Å². The van der Waals surface area contributed by atoms with Crippen LogP contribution in [0, 0.1) is 0 Å². The number of nitrogens with one attached hydrogen (secondary N) is 2. The lowest BCUT2D eigenvalue weighted by Gasteiger charge is -2.19. The molecule has 2 N–H and O–H groups in total. The van der Waals surface area contributed by atoms with Gasteiger partial charge in [0.05, 0.1) is 6.54 Å². The molecule has 1 rings (SSSR count). The fourth-order valence-corrected chi connectivity index (χ4v) is 2.09. The number of rotatable bonds is 10. The topological polar surface area (TPSA) is 59.6 Å². The molecule has 136 valence electrons. The summed E-state index contributed by atoms with van der Waals surface area (Å²) in [5.74, 6) is 0.789. The smallest absolute Gasteiger partial charge is 0.407 e. The molecule has 0 bridgehead atoms. The van der Waals surface area contributed by atoms with Crippen LogP contribution in [0.5, 0.6) is 5.75 Å². The zero-order chi connectivity index (χ0) is 17.8. The molecule has 0 radical (unpaired) electrons. The van der Waals surface area contributed by atoms with Gasteiger partial charge in [-0.15, -0.1) is 0 Å². The van der Waals surface area contributed by atoms with Gasteiger partial charge in [0.2, 0.25) is 0 Å². The number of carbonyl (C=O) groups excluding carboxylic acids is 1. The number of hydrogen-bond acceptors (Lipinski definition) is 4. The molecule has 0 aliphatic heterocycles. The number of amides is 1. The Hall–Kier alpha value is -1.91. The molecule has 0 saturated heterocycles.